The fourth-order valence-corrected chi connectivity index (χ4v) is 3.27. The van der Waals surface area contributed by atoms with E-state index in [9.17, 15) is 4.79 Å². The SMILES string of the molecule is COc1ccccc1N1CCN(C(=O)CNCCc2ccccc2)CC1. The molecular weight excluding hydrogens is 326 g/mol. The summed E-state index contributed by atoms with van der Waals surface area (Å²) in [5.74, 6) is 1.06. The van der Waals surface area contributed by atoms with E-state index >= 15 is 0 Å². The topological polar surface area (TPSA) is 44.8 Å². The number of anilines is 1. The van der Waals surface area contributed by atoms with Gasteiger partial charge in [-0.25, -0.2) is 0 Å². The van der Waals surface area contributed by atoms with Crippen molar-refractivity contribution in [2.75, 3.05) is 51.3 Å². The van der Waals surface area contributed by atoms with Crippen molar-refractivity contribution in [2.24, 2.45) is 0 Å². The number of carbonyl (C=O) groups is 1. The summed E-state index contributed by atoms with van der Waals surface area (Å²) in [5, 5.41) is 3.27. The van der Waals surface area contributed by atoms with E-state index in [4.69, 9.17) is 4.74 Å². The summed E-state index contributed by atoms with van der Waals surface area (Å²) in [7, 11) is 1.69. The number of rotatable bonds is 7. The summed E-state index contributed by atoms with van der Waals surface area (Å²) in [5.41, 5.74) is 2.39. The number of nitrogens with one attached hydrogen (secondary N) is 1. The molecule has 0 radical (unpaired) electrons. The first kappa shape index (κ1) is 18.3. The molecule has 1 amide bonds. The molecule has 0 unspecified atom stereocenters. The molecule has 138 valence electrons. The molecule has 1 saturated heterocycles. The van der Waals surface area contributed by atoms with E-state index in [0.717, 1.165) is 50.6 Å². The van der Waals surface area contributed by atoms with Gasteiger partial charge in [-0.1, -0.05) is 42.5 Å². The Bertz CT molecular complexity index is 697. The van der Waals surface area contributed by atoms with Crippen LogP contribution >= 0.6 is 0 Å². The van der Waals surface area contributed by atoms with E-state index in [0.29, 0.717) is 6.54 Å². The lowest BCUT2D eigenvalue weighted by atomic mass is 10.1. The van der Waals surface area contributed by atoms with Crippen LogP contribution in [-0.4, -0.2) is 57.2 Å². The number of ether oxygens (including phenoxy) is 1. The average molecular weight is 353 g/mol. The molecular formula is C21H27N3O2. The van der Waals surface area contributed by atoms with E-state index in [2.05, 4.69) is 28.4 Å². The third kappa shape index (κ3) is 4.76. The zero-order valence-corrected chi connectivity index (χ0v) is 15.4. The van der Waals surface area contributed by atoms with Crippen molar-refractivity contribution in [3.8, 4) is 5.75 Å². The first-order chi connectivity index (χ1) is 12.8. The molecule has 5 heteroatoms. The highest BCUT2D eigenvalue weighted by Gasteiger charge is 2.22. The molecule has 1 aliphatic rings. The molecule has 0 spiro atoms. The zero-order valence-electron chi connectivity index (χ0n) is 15.4. The van der Waals surface area contributed by atoms with E-state index in [-0.39, 0.29) is 5.91 Å². The minimum atomic E-state index is 0.178. The molecule has 3 rings (SSSR count). The van der Waals surface area contributed by atoms with Gasteiger partial charge in [0.05, 0.1) is 19.3 Å². The van der Waals surface area contributed by atoms with Crippen LogP contribution in [-0.2, 0) is 11.2 Å². The van der Waals surface area contributed by atoms with Gasteiger partial charge < -0.3 is 19.9 Å². The van der Waals surface area contributed by atoms with Gasteiger partial charge >= 0.3 is 0 Å². The van der Waals surface area contributed by atoms with Gasteiger partial charge in [-0.05, 0) is 30.7 Å². The summed E-state index contributed by atoms with van der Waals surface area (Å²) in [6.45, 7) is 4.37. The highest BCUT2D eigenvalue weighted by Crippen LogP contribution is 2.28. The van der Waals surface area contributed by atoms with Gasteiger partial charge in [-0.2, -0.15) is 0 Å². The minimum Gasteiger partial charge on any atom is -0.495 e. The van der Waals surface area contributed by atoms with E-state index in [1.807, 2.05) is 41.3 Å². The number of para-hydroxylation sites is 2. The smallest absolute Gasteiger partial charge is 0.236 e. The third-order valence-corrected chi connectivity index (χ3v) is 4.77. The Labute approximate surface area is 155 Å². The molecule has 0 atom stereocenters. The van der Waals surface area contributed by atoms with Crippen LogP contribution in [0, 0.1) is 0 Å². The number of nitrogens with zero attached hydrogens (tertiary/aromatic N) is 2. The van der Waals surface area contributed by atoms with Gasteiger partial charge in [0.1, 0.15) is 5.75 Å². The van der Waals surface area contributed by atoms with Crippen LogP contribution in [0.3, 0.4) is 0 Å². The summed E-state index contributed by atoms with van der Waals surface area (Å²) < 4.78 is 5.44. The summed E-state index contributed by atoms with van der Waals surface area (Å²) >= 11 is 0. The summed E-state index contributed by atoms with van der Waals surface area (Å²) in [6.07, 6.45) is 0.940. The van der Waals surface area contributed by atoms with Crippen molar-refractivity contribution >= 4 is 11.6 Å². The molecule has 0 aromatic heterocycles. The molecule has 1 aliphatic heterocycles. The standard InChI is InChI=1S/C21H27N3O2/c1-26-20-10-6-5-9-19(20)23-13-15-24(16-14-23)21(25)17-22-12-11-18-7-3-2-4-8-18/h2-10,22H,11-17H2,1H3. The monoisotopic (exact) mass is 353 g/mol. The molecule has 0 aliphatic carbocycles. The lowest BCUT2D eigenvalue weighted by molar-refractivity contribution is -0.130. The Morgan fingerprint density at radius 2 is 1.69 bits per heavy atom. The summed E-state index contributed by atoms with van der Waals surface area (Å²) in [4.78, 5) is 16.6. The molecule has 1 heterocycles. The van der Waals surface area contributed by atoms with Crippen molar-refractivity contribution < 1.29 is 9.53 Å². The first-order valence-corrected chi connectivity index (χ1v) is 9.18. The van der Waals surface area contributed by atoms with Crippen LogP contribution in [0.5, 0.6) is 5.75 Å². The molecule has 0 bridgehead atoms. The normalized spacial score (nSPS) is 14.3. The first-order valence-electron chi connectivity index (χ1n) is 9.18. The molecule has 1 fully saturated rings. The van der Waals surface area contributed by atoms with Crippen molar-refractivity contribution in [3.63, 3.8) is 0 Å². The lowest BCUT2D eigenvalue weighted by Crippen LogP contribution is -2.51. The minimum absolute atomic E-state index is 0.178. The maximum Gasteiger partial charge on any atom is 0.236 e. The number of amides is 1. The Hall–Kier alpha value is -2.53. The van der Waals surface area contributed by atoms with E-state index < -0.39 is 0 Å². The molecule has 1 N–H and O–H groups in total. The van der Waals surface area contributed by atoms with Gasteiger partial charge in [-0.3, -0.25) is 4.79 Å². The van der Waals surface area contributed by atoms with Crippen LogP contribution in [0.25, 0.3) is 0 Å². The molecule has 2 aromatic rings. The quantitative estimate of drug-likeness (QED) is 0.775. The second kappa shape index (κ2) is 9.25. The number of carbonyl (C=O) groups excluding carboxylic acids is 1. The number of benzene rings is 2. The number of hydrogen-bond donors (Lipinski definition) is 1. The molecule has 0 saturated carbocycles. The Morgan fingerprint density at radius 1 is 1.00 bits per heavy atom. The second-order valence-electron chi connectivity index (χ2n) is 6.45. The predicted molar refractivity (Wildman–Crippen MR) is 105 cm³/mol. The largest absolute Gasteiger partial charge is 0.495 e. The van der Waals surface area contributed by atoms with Gasteiger partial charge in [0, 0.05) is 26.2 Å². The number of hydrogen-bond acceptors (Lipinski definition) is 4. The van der Waals surface area contributed by atoms with E-state index in [1.165, 1.54) is 5.56 Å². The molecule has 5 nitrogen and oxygen atoms in total. The Morgan fingerprint density at radius 3 is 2.42 bits per heavy atom. The van der Waals surface area contributed by atoms with Crippen molar-refractivity contribution in [3.05, 3.63) is 60.2 Å². The highest BCUT2D eigenvalue weighted by molar-refractivity contribution is 5.78. The molecule has 2 aromatic carbocycles. The predicted octanol–water partition coefficient (Wildman–Crippen LogP) is 2.18. The van der Waals surface area contributed by atoms with Gasteiger partial charge in [0.25, 0.3) is 0 Å². The van der Waals surface area contributed by atoms with Crippen LogP contribution in [0.15, 0.2) is 54.6 Å². The van der Waals surface area contributed by atoms with Crippen LogP contribution in [0.4, 0.5) is 5.69 Å². The van der Waals surface area contributed by atoms with E-state index in [1.54, 1.807) is 7.11 Å². The Kier molecular flexibility index (Phi) is 6.50. The van der Waals surface area contributed by atoms with Crippen LogP contribution in [0.2, 0.25) is 0 Å². The van der Waals surface area contributed by atoms with Gasteiger partial charge in [0.2, 0.25) is 5.91 Å². The maximum atomic E-state index is 12.4. The second-order valence-corrected chi connectivity index (χ2v) is 6.45. The maximum absolute atomic E-state index is 12.4. The zero-order chi connectivity index (χ0) is 18.2. The van der Waals surface area contributed by atoms with Crippen LogP contribution < -0.4 is 15.0 Å². The van der Waals surface area contributed by atoms with Gasteiger partial charge in [0.15, 0.2) is 0 Å². The fourth-order valence-electron chi connectivity index (χ4n) is 3.27. The van der Waals surface area contributed by atoms with Crippen molar-refractivity contribution in [1.82, 2.24) is 10.2 Å². The highest BCUT2D eigenvalue weighted by atomic mass is 16.5. The Balaban J connectivity index is 1.41. The van der Waals surface area contributed by atoms with Crippen molar-refractivity contribution in [2.45, 2.75) is 6.42 Å². The van der Waals surface area contributed by atoms with Gasteiger partial charge in [-0.15, -0.1) is 0 Å². The summed E-state index contributed by atoms with van der Waals surface area (Å²) in [6, 6.07) is 18.4. The fraction of sp³-hybridized carbons (Fsp3) is 0.381. The molecule has 26 heavy (non-hydrogen) atoms. The average Bonchev–Trinajstić information content (AvgIpc) is 2.72. The number of methoxy groups -OCH3 is 1. The van der Waals surface area contributed by atoms with Crippen LogP contribution in [0.1, 0.15) is 5.56 Å². The van der Waals surface area contributed by atoms with Crippen molar-refractivity contribution in [1.29, 1.82) is 0 Å². The third-order valence-electron chi connectivity index (χ3n) is 4.77. The lowest BCUT2D eigenvalue weighted by Gasteiger charge is -2.36. The number of piperazine rings is 1.